The van der Waals surface area contributed by atoms with Crippen LogP contribution in [0, 0.1) is 11.2 Å². The maximum Gasteiger partial charge on any atom is 0.248 e. The van der Waals surface area contributed by atoms with Gasteiger partial charge in [0.1, 0.15) is 0 Å². The molecule has 2 N–H and O–H groups in total. The van der Waals surface area contributed by atoms with E-state index in [2.05, 4.69) is 59.0 Å². The number of aromatic hydroxyl groups is 1. The molecule has 3 nitrogen and oxygen atoms in total. The van der Waals surface area contributed by atoms with E-state index in [1.54, 1.807) is 0 Å². The van der Waals surface area contributed by atoms with Crippen molar-refractivity contribution in [3.63, 3.8) is 0 Å². The number of benzene rings is 1. The number of rotatable bonds is 6. The number of hydrogen-bond acceptors (Lipinski definition) is 2. The normalized spacial score (nSPS) is 15.2. The Morgan fingerprint density at radius 2 is 1.68 bits per heavy atom. The van der Waals surface area contributed by atoms with Gasteiger partial charge in [-0.15, -0.1) is 0 Å². The lowest BCUT2D eigenvalue weighted by molar-refractivity contribution is -0.111. The van der Waals surface area contributed by atoms with Gasteiger partial charge in [0.15, 0.2) is 11.6 Å². The Morgan fingerprint density at radius 1 is 1.08 bits per heavy atom. The number of phenols is 1. The molecule has 0 atom stereocenters. The fourth-order valence-electron chi connectivity index (χ4n) is 3.65. The molecular formula is C33H52FNO2. The maximum atomic E-state index is 13.3. The molecule has 0 aromatic heterocycles. The van der Waals surface area contributed by atoms with Crippen LogP contribution in [0.1, 0.15) is 102 Å². The van der Waals surface area contributed by atoms with Crippen LogP contribution in [0.15, 0.2) is 76.9 Å². The van der Waals surface area contributed by atoms with E-state index in [9.17, 15) is 14.3 Å². The molecule has 0 fully saturated rings. The highest BCUT2D eigenvalue weighted by Crippen LogP contribution is 2.40. The average molecular weight is 514 g/mol. The Labute approximate surface area is 227 Å². The quantitative estimate of drug-likeness (QED) is 0.226. The van der Waals surface area contributed by atoms with Crippen molar-refractivity contribution in [2.75, 3.05) is 5.32 Å². The molecule has 0 heterocycles. The van der Waals surface area contributed by atoms with Crippen molar-refractivity contribution in [3.8, 4) is 5.75 Å². The third-order valence-electron chi connectivity index (χ3n) is 5.35. The highest BCUT2D eigenvalue weighted by atomic mass is 19.1. The zero-order chi connectivity index (χ0) is 29.0. The SMILES string of the molecule is CC.CC.CC1=C(/C=C/C(C)=C/C=C/C(C)=C/C(=O)Nc2ccc(O)c(F)c2)C(C)(C)CCC1.CCC. The Morgan fingerprint density at radius 3 is 2.22 bits per heavy atom. The first kappa shape index (κ1) is 36.3. The maximum absolute atomic E-state index is 13.3. The smallest absolute Gasteiger partial charge is 0.248 e. The standard InChI is InChI=1S/C26H32FNO2.C3H8.2C2H6/c1-18(11-13-22-20(3)10-7-15-26(22,4)5)8-6-9-19(2)16-25(30)28-21-12-14-24(29)23(27)17-21;1-3-2;2*1-2/h6,8-9,11-14,16-17,29H,7,10,15H2,1-5H3,(H,28,30);3H2,1-2H3;2*1-2H3/b9-6+,13-11+,18-8+,19-16+;;;. The summed E-state index contributed by atoms with van der Waals surface area (Å²) in [5, 5.41) is 11.8. The molecule has 0 unspecified atom stereocenters. The summed E-state index contributed by atoms with van der Waals surface area (Å²) in [5.74, 6) is -1.58. The molecule has 1 amide bonds. The van der Waals surface area contributed by atoms with Crippen molar-refractivity contribution in [1.82, 2.24) is 0 Å². The van der Waals surface area contributed by atoms with Crippen LogP contribution in [0.25, 0.3) is 0 Å². The number of allylic oxidation sites excluding steroid dienone is 9. The van der Waals surface area contributed by atoms with Crippen LogP contribution in [-0.2, 0) is 4.79 Å². The molecule has 4 heteroatoms. The fourth-order valence-corrected chi connectivity index (χ4v) is 3.65. The van der Waals surface area contributed by atoms with Crippen molar-refractivity contribution in [1.29, 1.82) is 0 Å². The van der Waals surface area contributed by atoms with Gasteiger partial charge in [-0.1, -0.05) is 103 Å². The summed E-state index contributed by atoms with van der Waals surface area (Å²) in [5.41, 5.74) is 5.33. The molecule has 208 valence electrons. The van der Waals surface area contributed by atoms with Gasteiger partial charge < -0.3 is 10.4 Å². The first-order valence-corrected chi connectivity index (χ1v) is 13.7. The number of anilines is 1. The molecule has 37 heavy (non-hydrogen) atoms. The summed E-state index contributed by atoms with van der Waals surface area (Å²) < 4.78 is 13.3. The highest BCUT2D eigenvalue weighted by molar-refractivity contribution is 6.00. The topological polar surface area (TPSA) is 49.3 Å². The monoisotopic (exact) mass is 513 g/mol. The lowest BCUT2D eigenvalue weighted by Gasteiger charge is -2.32. The minimum Gasteiger partial charge on any atom is -0.505 e. The molecule has 1 aromatic rings. The van der Waals surface area contributed by atoms with Gasteiger partial charge in [0, 0.05) is 17.8 Å². The molecular weight excluding hydrogens is 461 g/mol. The summed E-state index contributed by atoms with van der Waals surface area (Å²) in [6.45, 7) is 23.0. The Hall–Kier alpha value is -2.88. The minimum absolute atomic E-state index is 0.224. The number of halogens is 1. The summed E-state index contributed by atoms with van der Waals surface area (Å²) in [6.07, 6.45) is 16.5. The van der Waals surface area contributed by atoms with Crippen LogP contribution in [0.5, 0.6) is 5.75 Å². The van der Waals surface area contributed by atoms with Crippen LogP contribution < -0.4 is 5.32 Å². The van der Waals surface area contributed by atoms with Crippen LogP contribution in [0.4, 0.5) is 10.1 Å². The van der Waals surface area contributed by atoms with Crippen molar-refractivity contribution in [2.24, 2.45) is 5.41 Å². The number of nitrogens with one attached hydrogen (secondary N) is 1. The number of amides is 1. The second kappa shape index (κ2) is 20.2. The Balaban J connectivity index is 0. The molecule has 1 aliphatic carbocycles. The van der Waals surface area contributed by atoms with Gasteiger partial charge in [0.05, 0.1) is 0 Å². The lowest BCUT2D eigenvalue weighted by Crippen LogP contribution is -2.19. The van der Waals surface area contributed by atoms with Gasteiger partial charge in [0.2, 0.25) is 5.91 Å². The molecule has 0 bridgehead atoms. The average Bonchev–Trinajstić information content (AvgIpc) is 2.83. The van der Waals surface area contributed by atoms with Gasteiger partial charge in [-0.05, 0) is 68.7 Å². The van der Waals surface area contributed by atoms with Gasteiger partial charge in [-0.2, -0.15) is 0 Å². The lowest BCUT2D eigenvalue weighted by atomic mass is 9.72. The van der Waals surface area contributed by atoms with Crippen molar-refractivity contribution in [3.05, 3.63) is 82.8 Å². The molecule has 0 aliphatic heterocycles. The minimum atomic E-state index is -0.773. The van der Waals surface area contributed by atoms with Gasteiger partial charge >= 0.3 is 0 Å². The van der Waals surface area contributed by atoms with Crippen LogP contribution in [0.3, 0.4) is 0 Å². The zero-order valence-corrected chi connectivity index (χ0v) is 25.3. The number of carbonyl (C=O) groups is 1. The third-order valence-corrected chi connectivity index (χ3v) is 5.35. The van der Waals surface area contributed by atoms with E-state index in [-0.39, 0.29) is 11.3 Å². The Kier molecular flexibility index (Phi) is 19.8. The second-order valence-electron chi connectivity index (χ2n) is 9.29. The van der Waals surface area contributed by atoms with E-state index in [1.807, 2.05) is 52.8 Å². The number of phenolic OH excluding ortho intramolecular Hbond substituents is 1. The number of carbonyl (C=O) groups excluding carboxylic acids is 1. The third kappa shape index (κ3) is 15.1. The second-order valence-corrected chi connectivity index (χ2v) is 9.29. The van der Waals surface area contributed by atoms with Crippen LogP contribution >= 0.6 is 0 Å². The number of hydrogen-bond donors (Lipinski definition) is 2. The Bertz CT molecular complexity index is 963. The van der Waals surface area contributed by atoms with E-state index in [4.69, 9.17) is 0 Å². The van der Waals surface area contributed by atoms with Crippen molar-refractivity contribution in [2.45, 2.75) is 102 Å². The van der Waals surface area contributed by atoms with Gasteiger partial charge in [0.25, 0.3) is 0 Å². The first-order chi connectivity index (χ1) is 17.5. The predicted octanol–water partition coefficient (Wildman–Crippen LogP) is 10.5. The highest BCUT2D eigenvalue weighted by Gasteiger charge is 2.26. The summed E-state index contributed by atoms with van der Waals surface area (Å²) in [7, 11) is 0. The van der Waals surface area contributed by atoms with Crippen LogP contribution in [-0.4, -0.2) is 11.0 Å². The van der Waals surface area contributed by atoms with Crippen LogP contribution in [0.2, 0.25) is 0 Å². The predicted molar refractivity (Wildman–Crippen MR) is 161 cm³/mol. The molecule has 0 saturated heterocycles. The fraction of sp³-hybridized carbons (Fsp3) is 0.485. The molecule has 1 aliphatic rings. The van der Waals surface area contributed by atoms with Crippen molar-refractivity contribution >= 4 is 11.6 Å². The molecule has 2 rings (SSSR count). The summed E-state index contributed by atoms with van der Waals surface area (Å²) >= 11 is 0. The summed E-state index contributed by atoms with van der Waals surface area (Å²) in [6, 6.07) is 3.72. The van der Waals surface area contributed by atoms with Crippen molar-refractivity contribution < 1.29 is 14.3 Å². The van der Waals surface area contributed by atoms with E-state index < -0.39 is 11.6 Å². The molecule has 0 radical (unpaired) electrons. The van der Waals surface area contributed by atoms with Gasteiger partial charge in [-0.25, -0.2) is 4.39 Å². The molecule has 0 saturated carbocycles. The van der Waals surface area contributed by atoms with E-state index in [1.165, 1.54) is 55.0 Å². The van der Waals surface area contributed by atoms with E-state index >= 15 is 0 Å². The zero-order valence-electron chi connectivity index (χ0n) is 25.3. The van der Waals surface area contributed by atoms with Gasteiger partial charge in [-0.3, -0.25) is 4.79 Å². The molecule has 0 spiro atoms. The first-order valence-electron chi connectivity index (χ1n) is 13.7. The van der Waals surface area contributed by atoms with E-state index in [0.29, 0.717) is 5.69 Å². The summed E-state index contributed by atoms with van der Waals surface area (Å²) in [4.78, 5) is 12.0. The largest absolute Gasteiger partial charge is 0.505 e. The molecule has 1 aromatic carbocycles. The van der Waals surface area contributed by atoms with E-state index in [0.717, 1.165) is 17.2 Å².